The molecular weight excluding hydrogens is 453 g/mol. The summed E-state index contributed by atoms with van der Waals surface area (Å²) in [4.78, 5) is 17.2. The smallest absolute Gasteiger partial charge is 0.257 e. The van der Waals surface area contributed by atoms with Crippen LogP contribution in [0.1, 0.15) is 21.5 Å². The van der Waals surface area contributed by atoms with Crippen molar-refractivity contribution >= 4 is 63.6 Å². The number of amides is 1. The molecule has 8 heteroatoms. The average Bonchev–Trinajstić information content (AvgIpc) is 2.74. The van der Waals surface area contributed by atoms with Crippen molar-refractivity contribution in [3.63, 3.8) is 0 Å². The highest BCUT2D eigenvalue weighted by Crippen LogP contribution is 2.34. The van der Waals surface area contributed by atoms with Crippen molar-refractivity contribution in [2.75, 3.05) is 16.3 Å². The highest BCUT2D eigenvalue weighted by Gasteiger charge is 2.15. The fourth-order valence-electron chi connectivity index (χ4n) is 3.01. The first-order valence-electron chi connectivity index (χ1n) is 9.08. The van der Waals surface area contributed by atoms with Crippen molar-refractivity contribution in [1.82, 2.24) is 4.98 Å². The van der Waals surface area contributed by atoms with E-state index in [0.29, 0.717) is 27.7 Å². The summed E-state index contributed by atoms with van der Waals surface area (Å²) in [5.74, 6) is -0.390. The number of benzene rings is 2. The number of halogens is 2. The van der Waals surface area contributed by atoms with Crippen LogP contribution in [0.3, 0.4) is 0 Å². The average molecular weight is 472 g/mol. The van der Waals surface area contributed by atoms with Crippen LogP contribution in [0.5, 0.6) is 0 Å². The van der Waals surface area contributed by atoms with Gasteiger partial charge < -0.3 is 10.0 Å². The van der Waals surface area contributed by atoms with Gasteiger partial charge in [-0.05, 0) is 48.0 Å². The molecule has 1 heterocycles. The van der Waals surface area contributed by atoms with E-state index in [2.05, 4.69) is 28.2 Å². The maximum Gasteiger partial charge on any atom is 0.257 e. The molecule has 2 N–H and O–H groups in total. The SMILES string of the molecule is C=Cc1ccnc(-c2cc(NC(=O)c3ccc(NS(C)=O)cc3Cl)ccc2Cl)c1C=C. The monoisotopic (exact) mass is 471 g/mol. The third-order valence-electron chi connectivity index (χ3n) is 4.40. The molecule has 5 nitrogen and oxygen atoms in total. The van der Waals surface area contributed by atoms with E-state index in [1.807, 2.05) is 6.07 Å². The summed E-state index contributed by atoms with van der Waals surface area (Å²) in [5, 5.41) is 3.54. The van der Waals surface area contributed by atoms with Crippen LogP contribution in [-0.4, -0.2) is 21.4 Å². The van der Waals surface area contributed by atoms with Crippen LogP contribution in [0.15, 0.2) is 61.8 Å². The van der Waals surface area contributed by atoms with Crippen LogP contribution in [0.2, 0.25) is 10.0 Å². The van der Waals surface area contributed by atoms with E-state index in [1.165, 1.54) is 6.26 Å². The molecule has 3 aromatic rings. The topological polar surface area (TPSA) is 71.1 Å². The highest BCUT2D eigenvalue weighted by atomic mass is 35.5. The largest absolute Gasteiger partial charge is 0.322 e. The molecule has 0 bridgehead atoms. The number of hydrogen-bond acceptors (Lipinski definition) is 3. The Morgan fingerprint density at radius 1 is 1.03 bits per heavy atom. The zero-order chi connectivity index (χ0) is 22.5. The van der Waals surface area contributed by atoms with Gasteiger partial charge in [0.1, 0.15) is 11.0 Å². The first-order valence-corrected chi connectivity index (χ1v) is 11.4. The van der Waals surface area contributed by atoms with Crippen LogP contribution in [0, 0.1) is 0 Å². The fourth-order valence-corrected chi connectivity index (χ4v) is 3.94. The van der Waals surface area contributed by atoms with Gasteiger partial charge in [0.05, 0.1) is 21.3 Å². The summed E-state index contributed by atoms with van der Waals surface area (Å²) in [6.45, 7) is 7.68. The molecule has 0 saturated heterocycles. The van der Waals surface area contributed by atoms with E-state index in [-0.39, 0.29) is 16.5 Å². The number of rotatable bonds is 7. The Hall–Kier alpha value is -2.93. The van der Waals surface area contributed by atoms with Crippen LogP contribution in [0.25, 0.3) is 23.4 Å². The van der Waals surface area contributed by atoms with Crippen molar-refractivity contribution in [3.05, 3.63) is 88.6 Å². The molecule has 1 unspecified atom stereocenters. The molecule has 1 amide bonds. The quantitative estimate of drug-likeness (QED) is 0.424. The van der Waals surface area contributed by atoms with Gasteiger partial charge in [-0.2, -0.15) is 0 Å². The minimum atomic E-state index is -1.24. The summed E-state index contributed by atoms with van der Waals surface area (Å²) in [5.41, 5.74) is 4.31. The molecule has 1 atom stereocenters. The molecule has 1 aromatic heterocycles. The van der Waals surface area contributed by atoms with E-state index in [1.54, 1.807) is 54.7 Å². The van der Waals surface area contributed by atoms with E-state index >= 15 is 0 Å². The van der Waals surface area contributed by atoms with Gasteiger partial charge in [0.25, 0.3) is 5.91 Å². The lowest BCUT2D eigenvalue weighted by atomic mass is 10.0. The maximum absolute atomic E-state index is 12.8. The lowest BCUT2D eigenvalue weighted by Crippen LogP contribution is -2.13. The van der Waals surface area contributed by atoms with Crippen molar-refractivity contribution < 1.29 is 9.00 Å². The molecule has 0 aliphatic heterocycles. The summed E-state index contributed by atoms with van der Waals surface area (Å²) in [6, 6.07) is 11.7. The van der Waals surface area contributed by atoms with Gasteiger partial charge in [0.2, 0.25) is 0 Å². The zero-order valence-corrected chi connectivity index (χ0v) is 18.9. The fraction of sp³-hybridized carbons (Fsp3) is 0.0435. The molecule has 0 aliphatic rings. The molecule has 31 heavy (non-hydrogen) atoms. The third-order valence-corrected chi connectivity index (χ3v) is 5.57. The Labute approximate surface area is 193 Å². The number of nitrogens with zero attached hydrogens (tertiary/aromatic N) is 1. The predicted molar refractivity (Wildman–Crippen MR) is 132 cm³/mol. The number of hydrogen-bond donors (Lipinski definition) is 2. The van der Waals surface area contributed by atoms with Crippen molar-refractivity contribution in [2.45, 2.75) is 0 Å². The Morgan fingerprint density at radius 3 is 2.42 bits per heavy atom. The van der Waals surface area contributed by atoms with Crippen LogP contribution >= 0.6 is 23.2 Å². The van der Waals surface area contributed by atoms with E-state index in [0.717, 1.165) is 11.1 Å². The molecule has 0 spiro atoms. The Bertz CT molecular complexity index is 1210. The number of aromatic nitrogens is 1. The predicted octanol–water partition coefficient (Wildman–Crippen LogP) is 6.30. The number of pyridine rings is 1. The van der Waals surface area contributed by atoms with Crippen LogP contribution < -0.4 is 10.0 Å². The standard InChI is InChI=1S/C23H19Cl2N3O2S/c1-4-14-10-11-26-22(17(14)5-2)19-12-15(7-9-20(19)24)27-23(29)18-8-6-16(13-21(18)25)28-31(3)30/h4-13,28H,1-2H2,3H3,(H,27,29). The first kappa shape index (κ1) is 22.7. The first-order chi connectivity index (χ1) is 14.8. The van der Waals surface area contributed by atoms with Crippen LogP contribution in [0.4, 0.5) is 11.4 Å². The summed E-state index contributed by atoms with van der Waals surface area (Å²) in [7, 11) is -1.24. The summed E-state index contributed by atoms with van der Waals surface area (Å²) >= 11 is 12.7. The van der Waals surface area contributed by atoms with Gasteiger partial charge >= 0.3 is 0 Å². The normalized spacial score (nSPS) is 11.5. The summed E-state index contributed by atoms with van der Waals surface area (Å²) < 4.78 is 14.0. The third kappa shape index (κ3) is 5.22. The molecule has 0 saturated carbocycles. The van der Waals surface area contributed by atoms with Crippen LogP contribution in [-0.2, 0) is 11.0 Å². The molecule has 158 valence electrons. The number of anilines is 2. The van der Waals surface area contributed by atoms with Gasteiger partial charge in [-0.3, -0.25) is 9.78 Å². The minimum absolute atomic E-state index is 0.233. The van der Waals surface area contributed by atoms with E-state index < -0.39 is 11.0 Å². The second kappa shape index (κ2) is 9.92. The van der Waals surface area contributed by atoms with Crippen molar-refractivity contribution in [2.24, 2.45) is 0 Å². The Kier molecular flexibility index (Phi) is 7.28. The van der Waals surface area contributed by atoms with Gasteiger partial charge in [0, 0.05) is 35.0 Å². The molecular formula is C23H19Cl2N3O2S. The van der Waals surface area contributed by atoms with Gasteiger partial charge in [-0.25, -0.2) is 4.21 Å². The lowest BCUT2D eigenvalue weighted by molar-refractivity contribution is 0.102. The van der Waals surface area contributed by atoms with E-state index in [9.17, 15) is 9.00 Å². The minimum Gasteiger partial charge on any atom is -0.322 e. The lowest BCUT2D eigenvalue weighted by Gasteiger charge is -2.13. The second-order valence-electron chi connectivity index (χ2n) is 6.47. The summed E-state index contributed by atoms with van der Waals surface area (Å²) in [6.07, 6.45) is 6.58. The molecule has 2 aromatic carbocycles. The second-order valence-corrected chi connectivity index (χ2v) is 8.40. The Balaban J connectivity index is 1.93. The number of carbonyl (C=O) groups is 1. The van der Waals surface area contributed by atoms with Crippen molar-refractivity contribution in [1.29, 1.82) is 0 Å². The maximum atomic E-state index is 12.8. The van der Waals surface area contributed by atoms with Gasteiger partial charge in [0.15, 0.2) is 0 Å². The van der Waals surface area contributed by atoms with Crippen molar-refractivity contribution in [3.8, 4) is 11.3 Å². The molecule has 0 radical (unpaired) electrons. The molecule has 3 rings (SSSR count). The number of carbonyl (C=O) groups excluding carboxylic acids is 1. The van der Waals surface area contributed by atoms with E-state index in [4.69, 9.17) is 23.2 Å². The molecule has 0 fully saturated rings. The molecule has 0 aliphatic carbocycles. The zero-order valence-electron chi connectivity index (χ0n) is 16.6. The Morgan fingerprint density at radius 2 is 1.77 bits per heavy atom. The van der Waals surface area contributed by atoms with Gasteiger partial charge in [-0.1, -0.05) is 48.5 Å². The number of nitrogens with one attached hydrogen (secondary N) is 2. The highest BCUT2D eigenvalue weighted by molar-refractivity contribution is 7.85. The van der Waals surface area contributed by atoms with Gasteiger partial charge in [-0.15, -0.1) is 0 Å².